The first-order chi connectivity index (χ1) is 14.4. The van der Waals surface area contributed by atoms with Crippen molar-refractivity contribution in [3.05, 3.63) is 59.9 Å². The Morgan fingerprint density at radius 2 is 1.90 bits per heavy atom. The predicted molar refractivity (Wildman–Crippen MR) is 121 cm³/mol. The molecule has 0 heterocycles. The van der Waals surface area contributed by atoms with Crippen LogP contribution >= 0.6 is 0 Å². The number of hydrazine groups is 1. The maximum absolute atomic E-state index is 12.4. The number of benzene rings is 2. The van der Waals surface area contributed by atoms with E-state index >= 15 is 0 Å². The maximum atomic E-state index is 12.4. The van der Waals surface area contributed by atoms with E-state index in [9.17, 15) is 4.79 Å². The molecule has 0 saturated heterocycles. The van der Waals surface area contributed by atoms with Crippen molar-refractivity contribution >= 4 is 23.1 Å². The zero-order valence-electron chi connectivity index (χ0n) is 17.8. The summed E-state index contributed by atoms with van der Waals surface area (Å²) in [6.07, 6.45) is 4.62. The summed E-state index contributed by atoms with van der Waals surface area (Å²) < 4.78 is 10.3. The minimum absolute atomic E-state index is 0.138. The molecule has 0 saturated carbocycles. The smallest absolute Gasteiger partial charge is 0.323 e. The van der Waals surface area contributed by atoms with Crippen molar-refractivity contribution < 1.29 is 14.3 Å². The Labute approximate surface area is 177 Å². The van der Waals surface area contributed by atoms with Crippen LogP contribution < -0.4 is 32.0 Å². The molecular weight excluding hydrogens is 382 g/mol. The van der Waals surface area contributed by atoms with Crippen molar-refractivity contribution in [2.75, 3.05) is 29.5 Å². The van der Waals surface area contributed by atoms with Crippen molar-refractivity contribution in [1.29, 1.82) is 0 Å². The monoisotopic (exact) mass is 413 g/mol. The maximum Gasteiger partial charge on any atom is 0.323 e. The minimum atomic E-state index is -0.358. The van der Waals surface area contributed by atoms with E-state index in [1.165, 1.54) is 5.01 Å². The standard InChI is InChI=1S/C22H31N5O3/c1-4-5-6-17(23)14-27(24)19-10-8-18(9-11-19)25-22(28)26-21-13-20(30-15-29-3)12-7-16(21)2/h7-14H,4-6,15,23-24H2,1-3H3,(H2,25,26,28)/b17-14-. The Morgan fingerprint density at radius 3 is 2.57 bits per heavy atom. The summed E-state index contributed by atoms with van der Waals surface area (Å²) in [6.45, 7) is 4.15. The lowest BCUT2D eigenvalue weighted by Crippen LogP contribution is -2.26. The second kappa shape index (κ2) is 11.7. The molecular formula is C22H31N5O3. The normalized spacial score (nSPS) is 11.1. The SMILES string of the molecule is CCCC/C(N)=C/N(N)c1ccc(NC(=O)Nc2cc(OCOC)ccc2C)cc1. The van der Waals surface area contributed by atoms with E-state index in [0.29, 0.717) is 17.1 Å². The molecule has 30 heavy (non-hydrogen) atoms. The molecule has 0 radical (unpaired) electrons. The number of ether oxygens (including phenoxy) is 2. The van der Waals surface area contributed by atoms with E-state index in [4.69, 9.17) is 21.1 Å². The van der Waals surface area contributed by atoms with Crippen molar-refractivity contribution in [2.24, 2.45) is 11.6 Å². The number of urea groups is 1. The number of carbonyl (C=O) groups is 1. The molecule has 8 heteroatoms. The van der Waals surface area contributed by atoms with Gasteiger partial charge < -0.3 is 25.8 Å². The van der Waals surface area contributed by atoms with Gasteiger partial charge in [0.25, 0.3) is 0 Å². The van der Waals surface area contributed by atoms with Gasteiger partial charge in [-0.2, -0.15) is 0 Å². The highest BCUT2D eigenvalue weighted by molar-refractivity contribution is 6.00. The average Bonchev–Trinajstić information content (AvgIpc) is 2.73. The topological polar surface area (TPSA) is 115 Å². The summed E-state index contributed by atoms with van der Waals surface area (Å²) in [5.41, 5.74) is 9.67. The van der Waals surface area contributed by atoms with Gasteiger partial charge in [0.15, 0.2) is 6.79 Å². The van der Waals surface area contributed by atoms with Crippen LogP contribution in [0.1, 0.15) is 31.7 Å². The number of nitrogens with two attached hydrogens (primary N) is 2. The van der Waals surface area contributed by atoms with Crippen molar-refractivity contribution in [1.82, 2.24) is 0 Å². The van der Waals surface area contributed by atoms with E-state index in [-0.39, 0.29) is 12.8 Å². The van der Waals surface area contributed by atoms with Gasteiger partial charge >= 0.3 is 6.03 Å². The highest BCUT2D eigenvalue weighted by Crippen LogP contribution is 2.23. The number of aryl methyl sites for hydroxylation is 1. The molecule has 0 unspecified atom stereocenters. The Balaban J connectivity index is 1.96. The molecule has 162 valence electrons. The molecule has 0 aliphatic rings. The third-order valence-corrected chi connectivity index (χ3v) is 4.35. The highest BCUT2D eigenvalue weighted by atomic mass is 16.7. The zero-order valence-corrected chi connectivity index (χ0v) is 17.8. The van der Waals surface area contributed by atoms with Gasteiger partial charge in [-0.25, -0.2) is 10.6 Å². The van der Waals surface area contributed by atoms with Gasteiger partial charge in [-0.05, 0) is 55.7 Å². The fourth-order valence-electron chi connectivity index (χ4n) is 2.65. The molecule has 6 N–H and O–H groups in total. The molecule has 2 aromatic rings. The number of nitrogens with zero attached hydrogens (tertiary/aromatic N) is 1. The third-order valence-electron chi connectivity index (χ3n) is 4.35. The number of unbranched alkanes of at least 4 members (excludes halogenated alkanes) is 1. The quantitative estimate of drug-likeness (QED) is 0.262. The number of carbonyl (C=O) groups excluding carboxylic acids is 1. The lowest BCUT2D eigenvalue weighted by molar-refractivity contribution is 0.0511. The lowest BCUT2D eigenvalue weighted by Gasteiger charge is -2.16. The minimum Gasteiger partial charge on any atom is -0.467 e. The molecule has 2 amide bonds. The number of nitrogens with one attached hydrogen (secondary N) is 2. The van der Waals surface area contributed by atoms with Crippen molar-refractivity contribution in [2.45, 2.75) is 33.1 Å². The number of rotatable bonds is 10. The molecule has 0 aliphatic carbocycles. The van der Waals surface area contributed by atoms with Crippen LogP contribution in [0.15, 0.2) is 54.4 Å². The first-order valence-electron chi connectivity index (χ1n) is 9.83. The van der Waals surface area contributed by atoms with E-state index in [2.05, 4.69) is 17.6 Å². The molecule has 0 aromatic heterocycles. The van der Waals surface area contributed by atoms with Gasteiger partial charge in [-0.1, -0.05) is 19.4 Å². The largest absolute Gasteiger partial charge is 0.467 e. The Hall–Kier alpha value is -3.23. The molecule has 0 fully saturated rings. The number of amides is 2. The summed E-state index contributed by atoms with van der Waals surface area (Å²) in [6, 6.07) is 12.2. The van der Waals surface area contributed by atoms with Crippen LogP contribution in [0, 0.1) is 6.92 Å². The van der Waals surface area contributed by atoms with Crippen LogP contribution in [0.2, 0.25) is 0 Å². The first kappa shape index (κ1) is 23.1. The number of anilines is 3. The Kier molecular flexibility index (Phi) is 8.99. The molecule has 8 nitrogen and oxygen atoms in total. The molecule has 0 atom stereocenters. The third kappa shape index (κ3) is 7.31. The summed E-state index contributed by atoms with van der Waals surface area (Å²) in [7, 11) is 1.55. The highest BCUT2D eigenvalue weighted by Gasteiger charge is 2.08. The van der Waals surface area contributed by atoms with Crippen LogP contribution in [0.3, 0.4) is 0 Å². The van der Waals surface area contributed by atoms with Crippen LogP contribution in [-0.2, 0) is 4.74 Å². The molecule has 0 aliphatic heterocycles. The van der Waals surface area contributed by atoms with E-state index in [1.54, 1.807) is 31.5 Å². The number of allylic oxidation sites excluding steroid dienone is 1. The van der Waals surface area contributed by atoms with E-state index in [1.807, 2.05) is 31.2 Å². The van der Waals surface area contributed by atoms with Gasteiger partial charge in [0.05, 0.1) is 5.69 Å². The summed E-state index contributed by atoms with van der Waals surface area (Å²) in [5.74, 6) is 6.65. The number of methoxy groups -OCH3 is 1. The molecule has 0 spiro atoms. The predicted octanol–water partition coefficient (Wildman–Crippen LogP) is 4.29. The summed E-state index contributed by atoms with van der Waals surface area (Å²) >= 11 is 0. The average molecular weight is 414 g/mol. The Bertz CT molecular complexity index is 852. The fraction of sp³-hybridized carbons (Fsp3) is 0.318. The lowest BCUT2D eigenvalue weighted by atomic mass is 10.2. The molecule has 2 rings (SSSR count). The van der Waals surface area contributed by atoms with Gasteiger partial charge in [0, 0.05) is 36.4 Å². The van der Waals surface area contributed by atoms with Gasteiger partial charge in [-0.15, -0.1) is 0 Å². The molecule has 0 bridgehead atoms. The fourth-order valence-corrected chi connectivity index (χ4v) is 2.65. The van der Waals surface area contributed by atoms with Crippen LogP contribution in [0.4, 0.5) is 21.9 Å². The van der Waals surface area contributed by atoms with Crippen LogP contribution in [-0.4, -0.2) is 19.9 Å². The molecule has 2 aromatic carbocycles. The Morgan fingerprint density at radius 1 is 1.17 bits per heavy atom. The van der Waals surface area contributed by atoms with Crippen molar-refractivity contribution in [3.8, 4) is 5.75 Å². The number of hydrogen-bond donors (Lipinski definition) is 4. The summed E-state index contributed by atoms with van der Waals surface area (Å²) in [4.78, 5) is 12.4. The second-order valence-corrected chi connectivity index (χ2v) is 6.87. The van der Waals surface area contributed by atoms with E-state index < -0.39 is 0 Å². The van der Waals surface area contributed by atoms with Gasteiger partial charge in [-0.3, -0.25) is 5.01 Å². The first-order valence-corrected chi connectivity index (χ1v) is 9.83. The van der Waals surface area contributed by atoms with Gasteiger partial charge in [0.2, 0.25) is 0 Å². The van der Waals surface area contributed by atoms with Crippen molar-refractivity contribution in [3.63, 3.8) is 0 Å². The van der Waals surface area contributed by atoms with Crippen LogP contribution in [0.5, 0.6) is 5.75 Å². The summed E-state index contributed by atoms with van der Waals surface area (Å²) in [5, 5.41) is 7.10. The van der Waals surface area contributed by atoms with Crippen LogP contribution in [0.25, 0.3) is 0 Å². The zero-order chi connectivity index (χ0) is 21.9. The number of hydrogen-bond acceptors (Lipinski definition) is 6. The van der Waals surface area contributed by atoms with E-state index in [0.717, 1.165) is 36.2 Å². The second-order valence-electron chi connectivity index (χ2n) is 6.87. The van der Waals surface area contributed by atoms with Gasteiger partial charge in [0.1, 0.15) is 5.75 Å².